The van der Waals surface area contributed by atoms with Crippen molar-refractivity contribution in [2.24, 2.45) is 11.7 Å². The van der Waals surface area contributed by atoms with E-state index in [4.69, 9.17) is 10.5 Å². The summed E-state index contributed by atoms with van der Waals surface area (Å²) < 4.78 is 20.9. The first-order valence-corrected chi connectivity index (χ1v) is 8.66. The Labute approximate surface area is 153 Å². The van der Waals surface area contributed by atoms with E-state index in [1.54, 1.807) is 10.6 Å². The van der Waals surface area contributed by atoms with Gasteiger partial charge in [-0.3, -0.25) is 14.9 Å². The van der Waals surface area contributed by atoms with Crippen LogP contribution in [0.1, 0.15) is 29.8 Å². The molecule has 1 spiro atoms. The number of urea groups is 1. The van der Waals surface area contributed by atoms with Crippen LogP contribution in [0, 0.1) is 11.7 Å². The van der Waals surface area contributed by atoms with Gasteiger partial charge in [0.25, 0.3) is 11.8 Å². The van der Waals surface area contributed by atoms with Crippen molar-refractivity contribution in [1.82, 2.24) is 15.2 Å². The maximum absolute atomic E-state index is 14.1. The highest BCUT2D eigenvalue weighted by Crippen LogP contribution is 2.40. The standard InChI is InChI=1S/C18H19FN4O4/c1-27-14-6-10(19)5-12-11(14)7-13(15(20)24)23(12)8-9-3-2-4-18(9)16(25)21-17(26)22-18/h5-7,9H,2-4,8H2,1H3,(H2,20,24)(H2,21,22,25,26). The fourth-order valence-electron chi connectivity index (χ4n) is 4.38. The topological polar surface area (TPSA) is 115 Å². The van der Waals surface area contributed by atoms with E-state index < -0.39 is 23.3 Å². The van der Waals surface area contributed by atoms with Crippen molar-refractivity contribution in [3.8, 4) is 5.75 Å². The number of amides is 4. The monoisotopic (exact) mass is 374 g/mol. The first-order valence-electron chi connectivity index (χ1n) is 8.66. The van der Waals surface area contributed by atoms with Crippen molar-refractivity contribution < 1.29 is 23.5 Å². The number of hydrogen-bond acceptors (Lipinski definition) is 4. The van der Waals surface area contributed by atoms with Gasteiger partial charge in [-0.05, 0) is 25.0 Å². The van der Waals surface area contributed by atoms with Gasteiger partial charge < -0.3 is 20.4 Å². The zero-order valence-electron chi connectivity index (χ0n) is 14.7. The minimum absolute atomic E-state index is 0.195. The van der Waals surface area contributed by atoms with Crippen LogP contribution in [0.15, 0.2) is 18.2 Å². The van der Waals surface area contributed by atoms with Crippen LogP contribution in [0.5, 0.6) is 5.75 Å². The SMILES string of the molecule is COc1cc(F)cc2c1cc(C(N)=O)n2CC1CCCC12NC(=O)NC2=O. The number of carbonyl (C=O) groups excluding carboxylic acids is 3. The molecule has 4 rings (SSSR count). The number of nitrogens with one attached hydrogen (secondary N) is 2. The molecule has 2 aliphatic rings. The smallest absolute Gasteiger partial charge is 0.322 e. The molecule has 142 valence electrons. The predicted molar refractivity (Wildman–Crippen MR) is 93.7 cm³/mol. The summed E-state index contributed by atoms with van der Waals surface area (Å²) in [6, 6.07) is 3.58. The molecule has 1 aliphatic heterocycles. The number of aromatic nitrogens is 1. The van der Waals surface area contributed by atoms with Crippen LogP contribution in [0.4, 0.5) is 9.18 Å². The highest BCUT2D eigenvalue weighted by Gasteiger charge is 2.54. The molecule has 1 aromatic heterocycles. The summed E-state index contributed by atoms with van der Waals surface area (Å²) in [7, 11) is 1.42. The second-order valence-corrected chi connectivity index (χ2v) is 7.01. The molecule has 0 radical (unpaired) electrons. The van der Waals surface area contributed by atoms with Gasteiger partial charge in [0.15, 0.2) is 0 Å². The van der Waals surface area contributed by atoms with Crippen LogP contribution in [0.25, 0.3) is 10.9 Å². The lowest BCUT2D eigenvalue weighted by atomic mass is 9.87. The number of rotatable bonds is 4. The minimum atomic E-state index is -1.01. The molecule has 2 fully saturated rings. The number of halogens is 1. The third-order valence-electron chi connectivity index (χ3n) is 5.61. The third kappa shape index (κ3) is 2.53. The van der Waals surface area contributed by atoms with Crippen LogP contribution < -0.4 is 21.1 Å². The van der Waals surface area contributed by atoms with Gasteiger partial charge in [0, 0.05) is 23.9 Å². The molecule has 2 heterocycles. The second-order valence-electron chi connectivity index (χ2n) is 7.01. The highest BCUT2D eigenvalue weighted by molar-refractivity contribution is 6.07. The molecular formula is C18H19FN4O4. The predicted octanol–water partition coefficient (Wildman–Crippen LogP) is 1.27. The lowest BCUT2D eigenvalue weighted by molar-refractivity contribution is -0.125. The first kappa shape index (κ1) is 17.3. The molecule has 4 amide bonds. The average Bonchev–Trinajstić information content (AvgIpc) is 3.25. The summed E-state index contributed by atoms with van der Waals surface area (Å²) in [6.45, 7) is 0.238. The van der Waals surface area contributed by atoms with Crippen molar-refractivity contribution >= 4 is 28.7 Å². The van der Waals surface area contributed by atoms with E-state index in [1.165, 1.54) is 19.2 Å². The third-order valence-corrected chi connectivity index (χ3v) is 5.61. The van der Waals surface area contributed by atoms with E-state index >= 15 is 0 Å². The number of benzene rings is 1. The lowest BCUT2D eigenvalue weighted by Crippen LogP contribution is -2.51. The van der Waals surface area contributed by atoms with Crippen molar-refractivity contribution in [2.75, 3.05) is 7.11 Å². The van der Waals surface area contributed by atoms with Gasteiger partial charge in [-0.2, -0.15) is 0 Å². The molecule has 2 unspecified atom stereocenters. The van der Waals surface area contributed by atoms with Crippen LogP contribution in [0.3, 0.4) is 0 Å². The molecule has 1 saturated carbocycles. The zero-order valence-corrected chi connectivity index (χ0v) is 14.7. The maximum Gasteiger partial charge on any atom is 0.322 e. The Morgan fingerprint density at radius 1 is 1.41 bits per heavy atom. The Hall–Kier alpha value is -3.10. The van der Waals surface area contributed by atoms with Gasteiger partial charge >= 0.3 is 6.03 Å². The Bertz CT molecular complexity index is 985. The quantitative estimate of drug-likeness (QED) is 0.699. The molecule has 8 nitrogen and oxygen atoms in total. The van der Waals surface area contributed by atoms with Gasteiger partial charge in [-0.25, -0.2) is 9.18 Å². The van der Waals surface area contributed by atoms with Crippen LogP contribution >= 0.6 is 0 Å². The molecular weight excluding hydrogens is 355 g/mol. The van der Waals surface area contributed by atoms with Gasteiger partial charge in [0.05, 0.1) is 12.6 Å². The van der Waals surface area contributed by atoms with E-state index in [9.17, 15) is 18.8 Å². The number of nitrogens with zero attached hydrogens (tertiary/aromatic N) is 1. The normalized spacial score (nSPS) is 24.4. The molecule has 27 heavy (non-hydrogen) atoms. The van der Waals surface area contributed by atoms with Gasteiger partial charge in [0.2, 0.25) is 0 Å². The molecule has 1 aromatic carbocycles. The fourth-order valence-corrected chi connectivity index (χ4v) is 4.38. The molecule has 4 N–H and O–H groups in total. The van der Waals surface area contributed by atoms with Gasteiger partial charge in [-0.1, -0.05) is 6.42 Å². The molecule has 9 heteroatoms. The van der Waals surface area contributed by atoms with E-state index in [1.807, 2.05) is 0 Å². The molecule has 2 aromatic rings. The number of imide groups is 1. The van der Waals surface area contributed by atoms with Crippen molar-refractivity contribution in [1.29, 1.82) is 0 Å². The van der Waals surface area contributed by atoms with E-state index in [0.717, 1.165) is 6.42 Å². The van der Waals surface area contributed by atoms with Crippen LogP contribution in [-0.4, -0.2) is 35.1 Å². The molecule has 1 saturated heterocycles. The van der Waals surface area contributed by atoms with Crippen LogP contribution in [0.2, 0.25) is 0 Å². The summed E-state index contributed by atoms with van der Waals surface area (Å²) in [5.74, 6) is -1.51. The average molecular weight is 374 g/mol. The maximum atomic E-state index is 14.1. The Kier molecular flexibility index (Phi) is 3.83. The van der Waals surface area contributed by atoms with Crippen molar-refractivity contribution in [2.45, 2.75) is 31.3 Å². The number of primary amides is 1. The number of carbonyl (C=O) groups is 3. The number of fused-ring (bicyclic) bond motifs is 1. The summed E-state index contributed by atoms with van der Waals surface area (Å²) in [5, 5.41) is 5.59. The summed E-state index contributed by atoms with van der Waals surface area (Å²) in [5.41, 5.74) is 5.17. The zero-order chi connectivity index (χ0) is 19.3. The van der Waals surface area contributed by atoms with Gasteiger partial charge in [-0.15, -0.1) is 0 Å². The van der Waals surface area contributed by atoms with E-state index in [-0.39, 0.29) is 24.1 Å². The molecule has 1 aliphatic carbocycles. The number of hydrogen-bond donors (Lipinski definition) is 3. The summed E-state index contributed by atoms with van der Waals surface area (Å²) in [6.07, 6.45) is 1.94. The number of methoxy groups -OCH3 is 1. The van der Waals surface area contributed by atoms with Crippen LogP contribution in [-0.2, 0) is 11.3 Å². The second kappa shape index (κ2) is 5.97. The number of nitrogens with two attached hydrogens (primary N) is 1. The largest absolute Gasteiger partial charge is 0.496 e. The minimum Gasteiger partial charge on any atom is -0.496 e. The Morgan fingerprint density at radius 3 is 2.81 bits per heavy atom. The highest BCUT2D eigenvalue weighted by atomic mass is 19.1. The van der Waals surface area contributed by atoms with Crippen molar-refractivity contribution in [3.63, 3.8) is 0 Å². The molecule has 2 atom stereocenters. The van der Waals surface area contributed by atoms with Gasteiger partial charge in [0.1, 0.15) is 22.8 Å². The van der Waals surface area contributed by atoms with Crippen molar-refractivity contribution in [3.05, 3.63) is 29.7 Å². The lowest BCUT2D eigenvalue weighted by Gasteiger charge is -2.29. The Morgan fingerprint density at radius 2 is 2.19 bits per heavy atom. The first-order chi connectivity index (χ1) is 12.9. The van der Waals surface area contributed by atoms with E-state index in [0.29, 0.717) is 29.5 Å². The van der Waals surface area contributed by atoms with E-state index in [2.05, 4.69) is 10.6 Å². The summed E-state index contributed by atoms with van der Waals surface area (Å²) >= 11 is 0. The fraction of sp³-hybridized carbons (Fsp3) is 0.389. The molecule has 0 bridgehead atoms. The summed E-state index contributed by atoms with van der Waals surface area (Å²) in [4.78, 5) is 36.1. The Balaban J connectivity index is 1.83. The number of ether oxygens (including phenoxy) is 1.